The Labute approximate surface area is 155 Å². The number of aliphatic hydroxyl groups excluding tert-OH is 1. The third-order valence-corrected chi connectivity index (χ3v) is 4.16. The first-order valence-corrected chi connectivity index (χ1v) is 8.07. The second-order valence-electron chi connectivity index (χ2n) is 5.40. The summed E-state index contributed by atoms with van der Waals surface area (Å²) in [5.41, 5.74) is 6.32. The normalized spacial score (nSPS) is 11.2. The lowest BCUT2D eigenvalue weighted by Crippen LogP contribution is -2.50. The zero-order valence-electron chi connectivity index (χ0n) is 13.9. The van der Waals surface area contributed by atoms with Crippen LogP contribution >= 0.6 is 11.6 Å². The zero-order valence-corrected chi connectivity index (χ0v) is 14.7. The van der Waals surface area contributed by atoms with Crippen LogP contribution in [-0.2, 0) is 4.79 Å². The Morgan fingerprint density at radius 2 is 1.88 bits per heavy atom. The van der Waals surface area contributed by atoms with Crippen LogP contribution in [0.2, 0.25) is 5.02 Å². The standard InChI is InChI=1S/C18H17ClN4O3/c1-11-14(8-7-13(9-20)16(11)19)21-15(10-24)18(26)23-22-17(25)12-5-3-2-4-6-12/h2-8,15,21,24H,10H2,1H3,(H,22,25)(H,23,26). The third-order valence-electron chi connectivity index (χ3n) is 3.67. The lowest BCUT2D eigenvalue weighted by Gasteiger charge is -2.19. The van der Waals surface area contributed by atoms with Gasteiger partial charge in [-0.15, -0.1) is 0 Å². The lowest BCUT2D eigenvalue weighted by atomic mass is 10.1. The summed E-state index contributed by atoms with van der Waals surface area (Å²) in [6.07, 6.45) is 0. The van der Waals surface area contributed by atoms with Gasteiger partial charge in [0.15, 0.2) is 0 Å². The molecule has 26 heavy (non-hydrogen) atoms. The number of benzene rings is 2. The molecule has 1 atom stereocenters. The van der Waals surface area contributed by atoms with Crippen molar-refractivity contribution in [3.05, 3.63) is 64.2 Å². The maximum absolute atomic E-state index is 12.2. The number of carbonyl (C=O) groups excluding carboxylic acids is 2. The van der Waals surface area contributed by atoms with Gasteiger partial charge in [0.1, 0.15) is 12.1 Å². The van der Waals surface area contributed by atoms with E-state index in [1.807, 2.05) is 6.07 Å². The van der Waals surface area contributed by atoms with E-state index in [4.69, 9.17) is 16.9 Å². The van der Waals surface area contributed by atoms with Gasteiger partial charge < -0.3 is 10.4 Å². The Kier molecular flexibility index (Phi) is 6.55. The van der Waals surface area contributed by atoms with Gasteiger partial charge in [-0.25, -0.2) is 0 Å². The number of hydrogen-bond donors (Lipinski definition) is 4. The van der Waals surface area contributed by atoms with Crippen LogP contribution < -0.4 is 16.2 Å². The van der Waals surface area contributed by atoms with Crippen molar-refractivity contribution >= 4 is 29.1 Å². The van der Waals surface area contributed by atoms with Gasteiger partial charge in [0.05, 0.1) is 17.2 Å². The van der Waals surface area contributed by atoms with E-state index in [1.165, 1.54) is 6.07 Å². The molecule has 0 aliphatic rings. The summed E-state index contributed by atoms with van der Waals surface area (Å²) < 4.78 is 0. The molecule has 0 aromatic heterocycles. The largest absolute Gasteiger partial charge is 0.394 e. The first kappa shape index (κ1) is 19.2. The predicted octanol–water partition coefficient (Wildman–Crippen LogP) is 1.75. The number of carbonyl (C=O) groups is 2. The quantitative estimate of drug-likeness (QED) is 0.597. The van der Waals surface area contributed by atoms with Gasteiger partial charge in [-0.1, -0.05) is 29.8 Å². The molecule has 4 N–H and O–H groups in total. The molecule has 0 spiro atoms. The van der Waals surface area contributed by atoms with E-state index < -0.39 is 24.5 Å². The Bertz CT molecular complexity index is 850. The maximum atomic E-state index is 12.2. The van der Waals surface area contributed by atoms with Gasteiger partial charge in [0.2, 0.25) is 0 Å². The second kappa shape index (κ2) is 8.85. The summed E-state index contributed by atoms with van der Waals surface area (Å²) in [4.78, 5) is 24.1. The topological polar surface area (TPSA) is 114 Å². The van der Waals surface area contributed by atoms with Crippen LogP contribution in [0.4, 0.5) is 5.69 Å². The number of anilines is 1. The van der Waals surface area contributed by atoms with E-state index in [0.717, 1.165) is 0 Å². The minimum Gasteiger partial charge on any atom is -0.394 e. The van der Waals surface area contributed by atoms with Crippen LogP contribution in [-0.4, -0.2) is 29.6 Å². The second-order valence-corrected chi connectivity index (χ2v) is 5.78. The number of nitrogens with one attached hydrogen (secondary N) is 3. The molecule has 0 aliphatic heterocycles. The first-order chi connectivity index (χ1) is 12.5. The summed E-state index contributed by atoms with van der Waals surface area (Å²) in [5, 5.41) is 21.6. The molecule has 2 aromatic rings. The Morgan fingerprint density at radius 3 is 2.50 bits per heavy atom. The highest BCUT2D eigenvalue weighted by molar-refractivity contribution is 6.32. The molecule has 0 heterocycles. The average Bonchev–Trinajstić information content (AvgIpc) is 2.67. The molecule has 2 aromatic carbocycles. The van der Waals surface area contributed by atoms with Gasteiger partial charge >= 0.3 is 0 Å². The van der Waals surface area contributed by atoms with Crippen LogP contribution in [0.25, 0.3) is 0 Å². The fourth-order valence-corrected chi connectivity index (χ4v) is 2.38. The third kappa shape index (κ3) is 4.51. The van der Waals surface area contributed by atoms with Crippen molar-refractivity contribution in [3.8, 4) is 6.07 Å². The molecule has 0 saturated carbocycles. The summed E-state index contributed by atoms with van der Waals surface area (Å²) in [6.45, 7) is 1.18. The van der Waals surface area contributed by atoms with Crippen LogP contribution in [0.15, 0.2) is 42.5 Å². The number of aliphatic hydroxyl groups is 1. The van der Waals surface area contributed by atoms with Crippen LogP contribution in [0.1, 0.15) is 21.5 Å². The minimum atomic E-state index is -1.02. The molecule has 7 nitrogen and oxygen atoms in total. The molecule has 0 fully saturated rings. The predicted molar refractivity (Wildman–Crippen MR) is 97.5 cm³/mol. The van der Waals surface area contributed by atoms with Crippen LogP contribution in [0, 0.1) is 18.3 Å². The number of halogens is 1. The highest BCUT2D eigenvalue weighted by atomic mass is 35.5. The molecule has 0 bridgehead atoms. The van der Waals surface area contributed by atoms with Gasteiger partial charge in [-0.2, -0.15) is 5.26 Å². The average molecular weight is 373 g/mol. The Balaban J connectivity index is 2.02. The molecule has 0 radical (unpaired) electrons. The molecule has 1 unspecified atom stereocenters. The monoisotopic (exact) mass is 372 g/mol. The SMILES string of the molecule is Cc1c(NC(CO)C(=O)NNC(=O)c2ccccc2)ccc(C#N)c1Cl. The van der Waals surface area contributed by atoms with Crippen molar-refractivity contribution in [2.24, 2.45) is 0 Å². The van der Waals surface area contributed by atoms with Crippen molar-refractivity contribution in [2.45, 2.75) is 13.0 Å². The number of amides is 2. The Morgan fingerprint density at radius 1 is 1.19 bits per heavy atom. The molecular formula is C18H17ClN4O3. The van der Waals surface area contributed by atoms with E-state index in [9.17, 15) is 14.7 Å². The highest BCUT2D eigenvalue weighted by Gasteiger charge is 2.20. The van der Waals surface area contributed by atoms with E-state index in [0.29, 0.717) is 22.4 Å². The van der Waals surface area contributed by atoms with E-state index in [-0.39, 0.29) is 5.02 Å². The number of hydrazine groups is 1. The number of nitriles is 1. The molecule has 0 saturated heterocycles. The highest BCUT2D eigenvalue weighted by Crippen LogP contribution is 2.27. The van der Waals surface area contributed by atoms with E-state index in [2.05, 4.69) is 16.2 Å². The Hall–Kier alpha value is -3.08. The van der Waals surface area contributed by atoms with Gasteiger partial charge in [0.25, 0.3) is 11.8 Å². The maximum Gasteiger partial charge on any atom is 0.269 e. The fourth-order valence-electron chi connectivity index (χ4n) is 2.18. The van der Waals surface area contributed by atoms with Gasteiger partial charge in [-0.05, 0) is 36.8 Å². The molecule has 8 heteroatoms. The summed E-state index contributed by atoms with van der Waals surface area (Å²) in [6, 6.07) is 12.4. The molecule has 134 valence electrons. The van der Waals surface area contributed by atoms with Crippen molar-refractivity contribution in [2.75, 3.05) is 11.9 Å². The van der Waals surface area contributed by atoms with Crippen LogP contribution in [0.5, 0.6) is 0 Å². The zero-order chi connectivity index (χ0) is 19.1. The van der Waals surface area contributed by atoms with Crippen molar-refractivity contribution in [1.82, 2.24) is 10.9 Å². The fraction of sp³-hybridized carbons (Fsp3) is 0.167. The molecule has 0 aliphatic carbocycles. The van der Waals surface area contributed by atoms with Crippen molar-refractivity contribution in [1.29, 1.82) is 5.26 Å². The molecule has 2 amide bonds. The number of hydrogen-bond acceptors (Lipinski definition) is 5. The van der Waals surface area contributed by atoms with Crippen LogP contribution in [0.3, 0.4) is 0 Å². The summed E-state index contributed by atoms with van der Waals surface area (Å²) in [7, 11) is 0. The number of rotatable bonds is 5. The van der Waals surface area contributed by atoms with E-state index in [1.54, 1.807) is 43.3 Å². The first-order valence-electron chi connectivity index (χ1n) is 7.69. The lowest BCUT2D eigenvalue weighted by molar-refractivity contribution is -0.123. The van der Waals surface area contributed by atoms with Gasteiger partial charge in [-0.3, -0.25) is 20.4 Å². The molecule has 2 rings (SSSR count). The van der Waals surface area contributed by atoms with Gasteiger partial charge in [0, 0.05) is 11.3 Å². The van der Waals surface area contributed by atoms with Crippen molar-refractivity contribution in [3.63, 3.8) is 0 Å². The number of nitrogens with zero attached hydrogens (tertiary/aromatic N) is 1. The molecular weight excluding hydrogens is 356 g/mol. The smallest absolute Gasteiger partial charge is 0.269 e. The van der Waals surface area contributed by atoms with E-state index >= 15 is 0 Å². The summed E-state index contributed by atoms with van der Waals surface area (Å²) in [5.74, 6) is -1.11. The minimum absolute atomic E-state index is 0.270. The summed E-state index contributed by atoms with van der Waals surface area (Å²) >= 11 is 6.09. The van der Waals surface area contributed by atoms with Crippen molar-refractivity contribution < 1.29 is 14.7 Å².